The van der Waals surface area contributed by atoms with E-state index in [4.69, 9.17) is 0 Å². The first-order chi connectivity index (χ1) is 9.39. The van der Waals surface area contributed by atoms with Crippen molar-refractivity contribution in [2.45, 2.75) is 66.7 Å². The quantitative estimate of drug-likeness (QED) is 0.656. The first-order valence-electron chi connectivity index (χ1n) is 8.81. The summed E-state index contributed by atoms with van der Waals surface area (Å²) < 4.78 is 0. The van der Waals surface area contributed by atoms with E-state index in [0.717, 1.165) is 30.8 Å². The molecule has 0 aromatic heterocycles. The lowest BCUT2D eigenvalue weighted by atomic mass is 9.70. The molecule has 0 atom stereocenters. The van der Waals surface area contributed by atoms with Crippen LogP contribution in [0.25, 0.3) is 0 Å². The van der Waals surface area contributed by atoms with Gasteiger partial charge in [-0.1, -0.05) is 34.6 Å². The second-order valence-electron chi connectivity index (χ2n) is 8.24. The van der Waals surface area contributed by atoms with Gasteiger partial charge in [0.2, 0.25) is 0 Å². The molecular formula is C18H38N2. The van der Waals surface area contributed by atoms with E-state index in [2.05, 4.69) is 45.3 Å². The number of hydrogen-bond donors (Lipinski definition) is 2. The fourth-order valence-electron chi connectivity index (χ4n) is 3.27. The van der Waals surface area contributed by atoms with E-state index < -0.39 is 0 Å². The van der Waals surface area contributed by atoms with Crippen LogP contribution in [0.2, 0.25) is 0 Å². The predicted molar refractivity (Wildman–Crippen MR) is 90.1 cm³/mol. The molecule has 2 N–H and O–H groups in total. The third-order valence-electron chi connectivity index (χ3n) is 4.76. The van der Waals surface area contributed by atoms with Crippen LogP contribution in [0.15, 0.2) is 0 Å². The Morgan fingerprint density at radius 1 is 0.950 bits per heavy atom. The van der Waals surface area contributed by atoms with Crippen LogP contribution in [0.1, 0.15) is 66.7 Å². The van der Waals surface area contributed by atoms with Crippen molar-refractivity contribution in [2.75, 3.05) is 26.2 Å². The molecule has 120 valence electrons. The van der Waals surface area contributed by atoms with Gasteiger partial charge in [-0.15, -0.1) is 0 Å². The van der Waals surface area contributed by atoms with Gasteiger partial charge in [-0.05, 0) is 81.5 Å². The molecular weight excluding hydrogens is 244 g/mol. The Labute approximate surface area is 127 Å². The van der Waals surface area contributed by atoms with Crippen LogP contribution in [0.5, 0.6) is 0 Å². The lowest BCUT2D eigenvalue weighted by Gasteiger charge is -2.37. The zero-order valence-corrected chi connectivity index (χ0v) is 14.6. The molecule has 20 heavy (non-hydrogen) atoms. The maximum atomic E-state index is 3.66. The van der Waals surface area contributed by atoms with Crippen LogP contribution in [0, 0.1) is 23.2 Å². The molecule has 1 aliphatic carbocycles. The lowest BCUT2D eigenvalue weighted by molar-refractivity contribution is 0.149. The van der Waals surface area contributed by atoms with Crippen molar-refractivity contribution >= 4 is 0 Å². The Bertz CT molecular complexity index is 234. The van der Waals surface area contributed by atoms with Gasteiger partial charge in [0.05, 0.1) is 0 Å². The van der Waals surface area contributed by atoms with Crippen molar-refractivity contribution in [2.24, 2.45) is 23.2 Å². The molecule has 0 aromatic carbocycles. The van der Waals surface area contributed by atoms with Gasteiger partial charge < -0.3 is 10.6 Å². The first-order valence-corrected chi connectivity index (χ1v) is 8.81. The van der Waals surface area contributed by atoms with E-state index in [9.17, 15) is 0 Å². The van der Waals surface area contributed by atoms with Gasteiger partial charge in [0.25, 0.3) is 0 Å². The van der Waals surface area contributed by atoms with Gasteiger partial charge in [-0.3, -0.25) is 0 Å². The molecule has 1 rings (SSSR count). The van der Waals surface area contributed by atoms with E-state index in [1.54, 1.807) is 0 Å². The predicted octanol–water partition coefficient (Wildman–Crippen LogP) is 4.06. The summed E-state index contributed by atoms with van der Waals surface area (Å²) in [7, 11) is 0. The molecule has 0 spiro atoms. The van der Waals surface area contributed by atoms with E-state index in [1.807, 2.05) is 0 Å². The molecule has 1 aliphatic rings. The minimum absolute atomic E-state index is 0.514. The third kappa shape index (κ3) is 7.64. The molecule has 1 saturated carbocycles. The van der Waals surface area contributed by atoms with E-state index in [1.165, 1.54) is 45.2 Å². The minimum atomic E-state index is 0.514. The highest BCUT2D eigenvalue weighted by molar-refractivity contribution is 4.81. The molecule has 2 heteroatoms. The van der Waals surface area contributed by atoms with Crippen molar-refractivity contribution in [3.05, 3.63) is 0 Å². The Hall–Kier alpha value is -0.0800. The van der Waals surface area contributed by atoms with Crippen molar-refractivity contribution in [3.63, 3.8) is 0 Å². The normalized spacial score (nSPS) is 24.3. The monoisotopic (exact) mass is 282 g/mol. The fraction of sp³-hybridized carbons (Fsp3) is 1.00. The van der Waals surface area contributed by atoms with E-state index in [0.29, 0.717) is 5.41 Å². The fourth-order valence-corrected chi connectivity index (χ4v) is 3.27. The topological polar surface area (TPSA) is 24.1 Å². The molecule has 0 saturated heterocycles. The number of hydrogen-bond acceptors (Lipinski definition) is 2. The van der Waals surface area contributed by atoms with Crippen molar-refractivity contribution in [3.8, 4) is 0 Å². The van der Waals surface area contributed by atoms with Gasteiger partial charge in [0.15, 0.2) is 0 Å². The molecule has 0 aliphatic heterocycles. The zero-order valence-electron chi connectivity index (χ0n) is 14.6. The van der Waals surface area contributed by atoms with Gasteiger partial charge >= 0.3 is 0 Å². The Kier molecular flexibility index (Phi) is 8.13. The van der Waals surface area contributed by atoms with E-state index in [-0.39, 0.29) is 0 Å². The highest BCUT2D eigenvalue weighted by atomic mass is 14.9. The molecule has 0 radical (unpaired) electrons. The molecule has 1 fully saturated rings. The number of nitrogens with one attached hydrogen (secondary N) is 2. The van der Waals surface area contributed by atoms with Crippen LogP contribution in [-0.4, -0.2) is 26.2 Å². The Morgan fingerprint density at radius 3 is 2.10 bits per heavy atom. The van der Waals surface area contributed by atoms with E-state index >= 15 is 0 Å². The van der Waals surface area contributed by atoms with Crippen molar-refractivity contribution in [1.82, 2.24) is 10.6 Å². The van der Waals surface area contributed by atoms with Gasteiger partial charge in [-0.25, -0.2) is 0 Å². The Morgan fingerprint density at radius 2 is 1.55 bits per heavy atom. The molecule has 0 heterocycles. The van der Waals surface area contributed by atoms with Crippen molar-refractivity contribution in [1.29, 1.82) is 0 Å². The standard InChI is InChI=1S/C18H38N2/c1-15(2)13-19-11-6-12-20-14-16-7-9-17(10-8-16)18(3,4)5/h15-17,19-20H,6-14H2,1-5H3. The highest BCUT2D eigenvalue weighted by Crippen LogP contribution is 2.39. The summed E-state index contributed by atoms with van der Waals surface area (Å²) in [4.78, 5) is 0. The average Bonchev–Trinajstić information content (AvgIpc) is 2.37. The first kappa shape index (κ1) is 18.0. The zero-order chi connectivity index (χ0) is 15.0. The molecule has 0 aromatic rings. The average molecular weight is 283 g/mol. The van der Waals surface area contributed by atoms with Crippen LogP contribution >= 0.6 is 0 Å². The van der Waals surface area contributed by atoms with Gasteiger partial charge in [-0.2, -0.15) is 0 Å². The minimum Gasteiger partial charge on any atom is -0.316 e. The highest BCUT2D eigenvalue weighted by Gasteiger charge is 2.29. The molecule has 0 unspecified atom stereocenters. The summed E-state index contributed by atoms with van der Waals surface area (Å²) in [5, 5.41) is 7.16. The summed E-state index contributed by atoms with van der Waals surface area (Å²) in [5.41, 5.74) is 0.514. The molecule has 2 nitrogen and oxygen atoms in total. The second-order valence-corrected chi connectivity index (χ2v) is 8.24. The molecule has 0 bridgehead atoms. The van der Waals surface area contributed by atoms with Gasteiger partial charge in [0, 0.05) is 0 Å². The maximum absolute atomic E-state index is 3.66. The maximum Gasteiger partial charge on any atom is -0.00205 e. The SMILES string of the molecule is CC(C)CNCCCNCC1CCC(C(C)(C)C)CC1. The summed E-state index contributed by atoms with van der Waals surface area (Å²) in [6, 6.07) is 0. The summed E-state index contributed by atoms with van der Waals surface area (Å²) in [6.07, 6.45) is 6.99. The Balaban J connectivity index is 1.97. The largest absolute Gasteiger partial charge is 0.316 e. The van der Waals surface area contributed by atoms with Crippen LogP contribution in [0.4, 0.5) is 0 Å². The van der Waals surface area contributed by atoms with Crippen LogP contribution < -0.4 is 10.6 Å². The summed E-state index contributed by atoms with van der Waals surface area (Å²) >= 11 is 0. The van der Waals surface area contributed by atoms with Gasteiger partial charge in [0.1, 0.15) is 0 Å². The second kappa shape index (κ2) is 9.04. The van der Waals surface area contributed by atoms with Crippen molar-refractivity contribution < 1.29 is 0 Å². The summed E-state index contributed by atoms with van der Waals surface area (Å²) in [6.45, 7) is 16.4. The smallest absolute Gasteiger partial charge is 0.00205 e. The van der Waals surface area contributed by atoms with Crippen LogP contribution in [0.3, 0.4) is 0 Å². The van der Waals surface area contributed by atoms with Crippen LogP contribution in [-0.2, 0) is 0 Å². The molecule has 0 amide bonds. The summed E-state index contributed by atoms with van der Waals surface area (Å²) in [5.74, 6) is 2.64. The lowest BCUT2D eigenvalue weighted by Crippen LogP contribution is -2.32. The number of rotatable bonds is 8. The third-order valence-corrected chi connectivity index (χ3v) is 4.76.